The Morgan fingerprint density at radius 1 is 1.03 bits per heavy atom. The third kappa shape index (κ3) is 5.01. The molecule has 4 rings (SSSR count). The van der Waals surface area contributed by atoms with Gasteiger partial charge in [0, 0.05) is 36.9 Å². The maximum atomic E-state index is 12.8. The molecule has 2 fully saturated rings. The van der Waals surface area contributed by atoms with Crippen molar-refractivity contribution in [3.05, 3.63) is 60.2 Å². The Hall–Kier alpha value is -3.15. The van der Waals surface area contributed by atoms with Gasteiger partial charge >= 0.3 is 0 Å². The molecule has 168 valence electrons. The first kappa shape index (κ1) is 22.1. The summed E-state index contributed by atoms with van der Waals surface area (Å²) in [4.78, 5) is 41.5. The van der Waals surface area contributed by atoms with Crippen LogP contribution in [0.15, 0.2) is 54.6 Å². The van der Waals surface area contributed by atoms with E-state index in [1.54, 1.807) is 4.90 Å². The number of para-hydroxylation sites is 1. The molecule has 2 aromatic rings. The lowest BCUT2D eigenvalue weighted by Gasteiger charge is -2.23. The summed E-state index contributed by atoms with van der Waals surface area (Å²) in [6, 6.07) is 17.4. The predicted molar refractivity (Wildman–Crippen MR) is 125 cm³/mol. The Kier molecular flexibility index (Phi) is 6.88. The molecular weight excluding hydrogens is 402 g/mol. The zero-order valence-electron chi connectivity index (χ0n) is 18.6. The molecule has 32 heavy (non-hydrogen) atoms. The van der Waals surface area contributed by atoms with E-state index >= 15 is 0 Å². The lowest BCUT2D eigenvalue weighted by atomic mass is 10.1. The van der Waals surface area contributed by atoms with Gasteiger partial charge in [-0.05, 0) is 49.6 Å². The van der Waals surface area contributed by atoms with Crippen LogP contribution in [0.5, 0.6) is 0 Å². The summed E-state index contributed by atoms with van der Waals surface area (Å²) in [5.74, 6) is -0.269. The maximum absolute atomic E-state index is 12.8. The van der Waals surface area contributed by atoms with Gasteiger partial charge in [0.05, 0.1) is 12.3 Å². The van der Waals surface area contributed by atoms with Crippen LogP contribution >= 0.6 is 0 Å². The standard InChI is InChI=1S/C26H31N3O3/c1-2-28(22-8-4-3-5-9-22)24(30)16-19-12-14-21(15-13-19)27-26(32)20-17-25(31)29(18-20)23-10-6-7-11-23/h3-5,8-9,12-15,20,23H,2,6-7,10-11,16-18H2,1H3,(H,27,32). The van der Waals surface area contributed by atoms with E-state index in [-0.39, 0.29) is 23.6 Å². The molecule has 0 spiro atoms. The summed E-state index contributed by atoms with van der Waals surface area (Å²) in [7, 11) is 0. The molecule has 6 heteroatoms. The molecule has 0 bridgehead atoms. The summed E-state index contributed by atoms with van der Waals surface area (Å²) in [5, 5.41) is 2.94. The average molecular weight is 434 g/mol. The SMILES string of the molecule is CCN(C(=O)Cc1ccc(NC(=O)C2CC(=O)N(C3CCCC3)C2)cc1)c1ccccc1. The fourth-order valence-corrected chi connectivity index (χ4v) is 4.81. The molecule has 0 aromatic heterocycles. The van der Waals surface area contributed by atoms with Gasteiger partial charge in [0.15, 0.2) is 0 Å². The van der Waals surface area contributed by atoms with Crippen molar-refractivity contribution in [3.63, 3.8) is 0 Å². The Morgan fingerprint density at radius 3 is 2.38 bits per heavy atom. The molecule has 1 aliphatic carbocycles. The number of rotatable bonds is 7. The highest BCUT2D eigenvalue weighted by atomic mass is 16.2. The molecule has 1 atom stereocenters. The quantitative estimate of drug-likeness (QED) is 0.717. The monoisotopic (exact) mass is 433 g/mol. The van der Waals surface area contributed by atoms with Gasteiger partial charge in [-0.25, -0.2) is 0 Å². The number of likely N-dealkylation sites (tertiary alicyclic amines) is 1. The highest BCUT2D eigenvalue weighted by Gasteiger charge is 2.38. The Morgan fingerprint density at radius 2 is 1.72 bits per heavy atom. The number of carbonyl (C=O) groups excluding carboxylic acids is 3. The number of benzene rings is 2. The van der Waals surface area contributed by atoms with Crippen molar-refractivity contribution < 1.29 is 14.4 Å². The molecule has 1 heterocycles. The van der Waals surface area contributed by atoms with Crippen molar-refractivity contribution in [2.45, 2.75) is 51.5 Å². The Labute approximate surface area is 189 Å². The van der Waals surface area contributed by atoms with Gasteiger partial charge in [-0.3, -0.25) is 14.4 Å². The van der Waals surface area contributed by atoms with E-state index in [2.05, 4.69) is 5.32 Å². The second-order valence-electron chi connectivity index (χ2n) is 8.72. The number of hydrogen-bond donors (Lipinski definition) is 1. The molecule has 6 nitrogen and oxygen atoms in total. The third-order valence-electron chi connectivity index (χ3n) is 6.56. The fraction of sp³-hybridized carbons (Fsp3) is 0.423. The lowest BCUT2D eigenvalue weighted by Crippen LogP contribution is -2.35. The van der Waals surface area contributed by atoms with E-state index in [0.717, 1.165) is 24.1 Å². The average Bonchev–Trinajstić information content (AvgIpc) is 3.46. The summed E-state index contributed by atoms with van der Waals surface area (Å²) in [6.07, 6.45) is 5.04. The van der Waals surface area contributed by atoms with Crippen molar-refractivity contribution in [1.82, 2.24) is 4.90 Å². The molecule has 2 aromatic carbocycles. The van der Waals surface area contributed by atoms with Gasteiger partial charge in [-0.15, -0.1) is 0 Å². The van der Waals surface area contributed by atoms with Crippen LogP contribution in [-0.4, -0.2) is 41.8 Å². The molecule has 2 aliphatic rings. The minimum atomic E-state index is -0.298. The first-order chi connectivity index (χ1) is 15.5. The smallest absolute Gasteiger partial charge is 0.231 e. The van der Waals surface area contributed by atoms with Crippen molar-refractivity contribution in [1.29, 1.82) is 0 Å². The summed E-state index contributed by atoms with van der Waals surface area (Å²) < 4.78 is 0. The molecule has 1 N–H and O–H groups in total. The van der Waals surface area contributed by atoms with E-state index in [4.69, 9.17) is 0 Å². The fourth-order valence-electron chi connectivity index (χ4n) is 4.81. The van der Waals surface area contributed by atoms with Crippen LogP contribution < -0.4 is 10.2 Å². The number of hydrogen-bond acceptors (Lipinski definition) is 3. The van der Waals surface area contributed by atoms with Crippen LogP contribution in [0.2, 0.25) is 0 Å². The van der Waals surface area contributed by atoms with Crippen LogP contribution in [0.1, 0.15) is 44.6 Å². The normalized spacial score (nSPS) is 18.7. The van der Waals surface area contributed by atoms with Gasteiger partial charge in [0.2, 0.25) is 17.7 Å². The summed E-state index contributed by atoms with van der Waals surface area (Å²) >= 11 is 0. The zero-order chi connectivity index (χ0) is 22.5. The van der Waals surface area contributed by atoms with E-state index in [9.17, 15) is 14.4 Å². The van der Waals surface area contributed by atoms with Crippen molar-refractivity contribution >= 4 is 29.1 Å². The van der Waals surface area contributed by atoms with E-state index < -0.39 is 0 Å². The van der Waals surface area contributed by atoms with Crippen LogP contribution in [0, 0.1) is 5.92 Å². The number of likely N-dealkylation sites (N-methyl/N-ethyl adjacent to an activating group) is 1. The van der Waals surface area contributed by atoms with Gasteiger partial charge in [-0.1, -0.05) is 43.2 Å². The zero-order valence-corrected chi connectivity index (χ0v) is 18.6. The number of carbonyl (C=O) groups is 3. The van der Waals surface area contributed by atoms with E-state index in [1.807, 2.05) is 66.4 Å². The topological polar surface area (TPSA) is 69.7 Å². The minimum absolute atomic E-state index is 0.0342. The number of nitrogens with zero attached hydrogens (tertiary/aromatic N) is 2. The van der Waals surface area contributed by atoms with Gasteiger partial charge in [0.1, 0.15) is 0 Å². The molecule has 1 saturated heterocycles. The van der Waals surface area contributed by atoms with Crippen LogP contribution in [0.4, 0.5) is 11.4 Å². The highest BCUT2D eigenvalue weighted by molar-refractivity contribution is 5.97. The molecular formula is C26H31N3O3. The van der Waals surface area contributed by atoms with Gasteiger partial charge < -0.3 is 15.1 Å². The minimum Gasteiger partial charge on any atom is -0.339 e. The van der Waals surface area contributed by atoms with Crippen LogP contribution in [0.3, 0.4) is 0 Å². The summed E-state index contributed by atoms with van der Waals surface area (Å²) in [5.41, 5.74) is 2.47. The largest absolute Gasteiger partial charge is 0.339 e. The highest BCUT2D eigenvalue weighted by Crippen LogP contribution is 2.30. The van der Waals surface area contributed by atoms with E-state index in [0.29, 0.717) is 37.7 Å². The molecule has 1 saturated carbocycles. The lowest BCUT2D eigenvalue weighted by molar-refractivity contribution is -0.130. The number of anilines is 2. The predicted octanol–water partition coefficient (Wildman–Crippen LogP) is 4.01. The maximum Gasteiger partial charge on any atom is 0.231 e. The molecule has 3 amide bonds. The van der Waals surface area contributed by atoms with Crippen molar-refractivity contribution in [2.24, 2.45) is 5.92 Å². The van der Waals surface area contributed by atoms with Gasteiger partial charge in [-0.2, -0.15) is 0 Å². The Bertz CT molecular complexity index is 952. The third-order valence-corrected chi connectivity index (χ3v) is 6.56. The van der Waals surface area contributed by atoms with E-state index in [1.165, 1.54) is 12.8 Å². The van der Waals surface area contributed by atoms with Crippen LogP contribution in [0.25, 0.3) is 0 Å². The second-order valence-corrected chi connectivity index (χ2v) is 8.72. The first-order valence-electron chi connectivity index (χ1n) is 11.6. The van der Waals surface area contributed by atoms with Crippen molar-refractivity contribution in [2.75, 3.05) is 23.3 Å². The second kappa shape index (κ2) is 9.98. The number of amides is 3. The summed E-state index contributed by atoms with van der Waals surface area (Å²) in [6.45, 7) is 3.09. The molecule has 1 unspecified atom stereocenters. The van der Waals surface area contributed by atoms with Crippen molar-refractivity contribution in [3.8, 4) is 0 Å². The molecule has 0 radical (unpaired) electrons. The first-order valence-corrected chi connectivity index (χ1v) is 11.6. The Balaban J connectivity index is 1.32. The number of nitrogens with one attached hydrogen (secondary N) is 1. The van der Waals surface area contributed by atoms with Crippen LogP contribution in [-0.2, 0) is 20.8 Å². The molecule has 1 aliphatic heterocycles. The van der Waals surface area contributed by atoms with Gasteiger partial charge in [0.25, 0.3) is 0 Å².